The molecule has 1 fully saturated rings. The zero-order chi connectivity index (χ0) is 19.5. The number of amides is 1. The fourth-order valence-electron chi connectivity index (χ4n) is 3.56. The Morgan fingerprint density at radius 2 is 1.89 bits per heavy atom. The molecular weight excluding hydrogens is 356 g/mol. The molecule has 0 aliphatic carbocycles. The highest BCUT2D eigenvalue weighted by atomic mass is 16.5. The van der Waals surface area contributed by atoms with Gasteiger partial charge in [-0.3, -0.25) is 4.79 Å². The molecule has 144 valence electrons. The highest BCUT2D eigenvalue weighted by Gasteiger charge is 2.22. The highest BCUT2D eigenvalue weighted by molar-refractivity contribution is 6.09. The normalized spacial score (nSPS) is 15.3. The number of hydrogen-bond acceptors (Lipinski definition) is 5. The Kier molecular flexibility index (Phi) is 5.02. The molecule has 0 atom stereocenters. The third-order valence-corrected chi connectivity index (χ3v) is 5.04. The van der Waals surface area contributed by atoms with Gasteiger partial charge in [0, 0.05) is 18.7 Å². The van der Waals surface area contributed by atoms with Crippen LogP contribution >= 0.6 is 0 Å². The number of carbonyl (C=O) groups is 2. The number of hydrogen-bond donors (Lipinski definition) is 1. The quantitative estimate of drug-likeness (QED) is 0.825. The summed E-state index contributed by atoms with van der Waals surface area (Å²) in [4.78, 5) is 27.1. The molecule has 0 spiro atoms. The third-order valence-electron chi connectivity index (χ3n) is 5.04. The van der Waals surface area contributed by atoms with Crippen molar-refractivity contribution >= 4 is 29.3 Å². The molecule has 2 aromatic carbocycles. The van der Waals surface area contributed by atoms with Crippen molar-refractivity contribution in [2.45, 2.75) is 12.8 Å². The summed E-state index contributed by atoms with van der Waals surface area (Å²) in [6.07, 6.45) is 4.07. The van der Waals surface area contributed by atoms with Crippen LogP contribution in [-0.2, 0) is 9.53 Å². The first-order valence-corrected chi connectivity index (χ1v) is 9.37. The first-order chi connectivity index (χ1) is 13.7. The average Bonchev–Trinajstić information content (AvgIpc) is 3.27. The van der Waals surface area contributed by atoms with E-state index in [0.29, 0.717) is 16.8 Å². The van der Waals surface area contributed by atoms with Crippen LogP contribution in [0.25, 0.3) is 6.08 Å². The lowest BCUT2D eigenvalue weighted by atomic mass is 10.1. The molecule has 2 aromatic rings. The van der Waals surface area contributed by atoms with Gasteiger partial charge in [-0.15, -0.1) is 0 Å². The van der Waals surface area contributed by atoms with E-state index in [4.69, 9.17) is 9.47 Å². The minimum Gasteiger partial charge on any atom is -0.488 e. The van der Waals surface area contributed by atoms with Crippen molar-refractivity contribution in [1.82, 2.24) is 0 Å². The molecule has 4 rings (SSSR count). The van der Waals surface area contributed by atoms with Gasteiger partial charge in [0.25, 0.3) is 5.91 Å². The average molecular weight is 378 g/mol. The summed E-state index contributed by atoms with van der Waals surface area (Å²) < 4.78 is 10.5. The Balaban J connectivity index is 1.63. The second-order valence-corrected chi connectivity index (χ2v) is 6.87. The van der Waals surface area contributed by atoms with Crippen LogP contribution in [0.2, 0.25) is 0 Å². The van der Waals surface area contributed by atoms with Crippen LogP contribution in [0.3, 0.4) is 0 Å². The maximum Gasteiger partial charge on any atom is 0.337 e. The van der Waals surface area contributed by atoms with Crippen molar-refractivity contribution in [2.24, 2.45) is 0 Å². The van der Waals surface area contributed by atoms with Crippen molar-refractivity contribution in [3.05, 3.63) is 59.2 Å². The lowest BCUT2D eigenvalue weighted by molar-refractivity contribution is -0.113. The van der Waals surface area contributed by atoms with E-state index in [1.54, 1.807) is 12.1 Å². The largest absolute Gasteiger partial charge is 0.488 e. The van der Waals surface area contributed by atoms with Gasteiger partial charge in [-0.2, -0.15) is 0 Å². The number of benzene rings is 2. The summed E-state index contributed by atoms with van der Waals surface area (Å²) in [5, 5.41) is 2.97. The van der Waals surface area contributed by atoms with E-state index in [1.807, 2.05) is 36.4 Å². The summed E-state index contributed by atoms with van der Waals surface area (Å²) in [6.45, 7) is 2.07. The van der Waals surface area contributed by atoms with E-state index < -0.39 is 5.97 Å². The maximum atomic E-state index is 12.9. The molecule has 2 aliphatic heterocycles. The van der Waals surface area contributed by atoms with Gasteiger partial charge in [-0.25, -0.2) is 4.79 Å². The van der Waals surface area contributed by atoms with Crippen LogP contribution in [0.15, 0.2) is 48.0 Å². The van der Waals surface area contributed by atoms with Crippen LogP contribution in [0, 0.1) is 0 Å². The van der Waals surface area contributed by atoms with E-state index in [9.17, 15) is 9.59 Å². The standard InChI is InChI=1S/C22H22N2O4/c1-27-22(26)16-8-9-19(24-10-4-5-11-24)18(13-16)23-21(25)17-12-15-6-2-3-7-20(15)28-14-17/h2-3,6-9,12-13H,4-5,10-11,14H2,1H3,(H,23,25). The van der Waals surface area contributed by atoms with Gasteiger partial charge < -0.3 is 19.7 Å². The van der Waals surface area contributed by atoms with Gasteiger partial charge in [-0.1, -0.05) is 18.2 Å². The van der Waals surface area contributed by atoms with Crippen molar-refractivity contribution in [1.29, 1.82) is 0 Å². The monoisotopic (exact) mass is 378 g/mol. The Bertz CT molecular complexity index is 945. The predicted octanol–water partition coefficient (Wildman–Crippen LogP) is 3.49. The Labute approximate surface area is 163 Å². The second-order valence-electron chi connectivity index (χ2n) is 6.87. The molecule has 0 aromatic heterocycles. The third kappa shape index (κ3) is 3.58. The zero-order valence-corrected chi connectivity index (χ0v) is 15.7. The fraction of sp³-hybridized carbons (Fsp3) is 0.273. The Hall–Kier alpha value is -3.28. The second kappa shape index (κ2) is 7.76. The molecule has 2 heterocycles. The first kappa shape index (κ1) is 18.1. The summed E-state index contributed by atoms with van der Waals surface area (Å²) in [6, 6.07) is 12.9. The number of methoxy groups -OCH3 is 1. The summed E-state index contributed by atoms with van der Waals surface area (Å²) in [7, 11) is 1.34. The molecule has 6 nitrogen and oxygen atoms in total. The van der Waals surface area contributed by atoms with Gasteiger partial charge in [0.2, 0.25) is 0 Å². The number of ether oxygens (including phenoxy) is 2. The van der Waals surface area contributed by atoms with E-state index in [-0.39, 0.29) is 12.5 Å². The lowest BCUT2D eigenvalue weighted by Gasteiger charge is -2.23. The number of anilines is 2. The van der Waals surface area contributed by atoms with E-state index in [0.717, 1.165) is 42.9 Å². The molecular formula is C22H22N2O4. The number of para-hydroxylation sites is 1. The van der Waals surface area contributed by atoms with Gasteiger partial charge in [0.15, 0.2) is 0 Å². The van der Waals surface area contributed by atoms with Gasteiger partial charge in [0.1, 0.15) is 12.4 Å². The molecule has 1 N–H and O–H groups in total. The van der Waals surface area contributed by atoms with Gasteiger partial charge in [-0.05, 0) is 43.2 Å². The lowest BCUT2D eigenvalue weighted by Crippen LogP contribution is -2.24. The summed E-state index contributed by atoms with van der Waals surface area (Å²) in [5.41, 5.74) is 3.34. The van der Waals surface area contributed by atoms with E-state index in [2.05, 4.69) is 10.2 Å². The van der Waals surface area contributed by atoms with E-state index >= 15 is 0 Å². The van der Waals surface area contributed by atoms with Crippen LogP contribution in [0.5, 0.6) is 5.75 Å². The maximum absolute atomic E-state index is 12.9. The fourth-order valence-corrected chi connectivity index (χ4v) is 3.56. The van der Waals surface area contributed by atoms with E-state index in [1.165, 1.54) is 7.11 Å². The van der Waals surface area contributed by atoms with Crippen molar-refractivity contribution < 1.29 is 19.1 Å². The van der Waals surface area contributed by atoms with Crippen LogP contribution in [0.1, 0.15) is 28.8 Å². The Morgan fingerprint density at radius 1 is 1.11 bits per heavy atom. The number of fused-ring (bicyclic) bond motifs is 1. The number of esters is 1. The van der Waals surface area contributed by atoms with Crippen molar-refractivity contribution in [2.75, 3.05) is 37.0 Å². The SMILES string of the molecule is COC(=O)c1ccc(N2CCCC2)c(NC(=O)C2=Cc3ccccc3OC2)c1. The summed E-state index contributed by atoms with van der Waals surface area (Å²) in [5.74, 6) is 0.0964. The molecule has 1 saturated heterocycles. The molecule has 28 heavy (non-hydrogen) atoms. The smallest absolute Gasteiger partial charge is 0.337 e. The molecule has 0 bridgehead atoms. The Morgan fingerprint density at radius 3 is 2.68 bits per heavy atom. The van der Waals surface area contributed by atoms with Crippen LogP contribution in [0.4, 0.5) is 11.4 Å². The number of rotatable bonds is 4. The van der Waals surface area contributed by atoms with Crippen molar-refractivity contribution in [3.8, 4) is 5.75 Å². The van der Waals surface area contributed by atoms with Crippen LogP contribution in [-0.4, -0.2) is 38.7 Å². The highest BCUT2D eigenvalue weighted by Crippen LogP contribution is 2.32. The molecule has 0 unspecified atom stereocenters. The minimum absolute atomic E-state index is 0.207. The minimum atomic E-state index is -0.433. The molecule has 1 amide bonds. The number of carbonyl (C=O) groups excluding carboxylic acids is 2. The number of nitrogens with zero attached hydrogens (tertiary/aromatic N) is 1. The molecule has 0 radical (unpaired) electrons. The van der Waals surface area contributed by atoms with Crippen LogP contribution < -0.4 is 15.0 Å². The zero-order valence-electron chi connectivity index (χ0n) is 15.7. The van der Waals surface area contributed by atoms with Gasteiger partial charge >= 0.3 is 5.97 Å². The van der Waals surface area contributed by atoms with Gasteiger partial charge in [0.05, 0.1) is 29.6 Å². The van der Waals surface area contributed by atoms with Crippen molar-refractivity contribution in [3.63, 3.8) is 0 Å². The predicted molar refractivity (Wildman–Crippen MR) is 108 cm³/mol. The summed E-state index contributed by atoms with van der Waals surface area (Å²) >= 11 is 0. The molecule has 2 aliphatic rings. The molecule has 0 saturated carbocycles. The number of nitrogens with one attached hydrogen (secondary N) is 1. The first-order valence-electron chi connectivity index (χ1n) is 9.37. The topological polar surface area (TPSA) is 67.9 Å². The molecule has 6 heteroatoms.